The van der Waals surface area contributed by atoms with Crippen LogP contribution in [-0.4, -0.2) is 43.4 Å². The number of carbonyl (C=O) groups is 2. The molecule has 1 amide bonds. The number of hydrogen-bond acceptors (Lipinski definition) is 8. The van der Waals surface area contributed by atoms with Gasteiger partial charge in [0.1, 0.15) is 5.82 Å². The Bertz CT molecular complexity index is 963. The fraction of sp³-hybridized carbons (Fsp3) is 0.316. The molecule has 1 aromatic rings. The van der Waals surface area contributed by atoms with Gasteiger partial charge in [-0.25, -0.2) is 4.79 Å². The largest absolute Gasteiger partial charge is 0.493 e. The van der Waals surface area contributed by atoms with E-state index in [9.17, 15) is 14.9 Å². The number of fused-ring (bicyclic) bond motifs is 1. The highest BCUT2D eigenvalue weighted by molar-refractivity contribution is 8.04. The number of nitrogens with two attached hydrogens (primary N) is 1. The second-order valence-corrected chi connectivity index (χ2v) is 7.43. The molecule has 1 saturated heterocycles. The summed E-state index contributed by atoms with van der Waals surface area (Å²) in [4.78, 5) is 26.5. The second-order valence-electron chi connectivity index (χ2n) is 6.10. The number of benzene rings is 1. The molecule has 2 heterocycles. The molecule has 3 rings (SSSR count). The smallest absolute Gasteiger partial charge is 0.337 e. The van der Waals surface area contributed by atoms with Gasteiger partial charge in [-0.1, -0.05) is 17.8 Å². The maximum absolute atomic E-state index is 12.7. The van der Waals surface area contributed by atoms with Crippen LogP contribution >= 0.6 is 11.8 Å². The molecule has 1 fully saturated rings. The third kappa shape index (κ3) is 2.86. The minimum atomic E-state index is -0.797. The van der Waals surface area contributed by atoms with Crippen molar-refractivity contribution in [1.29, 1.82) is 5.26 Å². The Hall–Kier alpha value is -3.12. The third-order valence-electron chi connectivity index (χ3n) is 4.65. The molecule has 2 N–H and O–H groups in total. The van der Waals surface area contributed by atoms with E-state index < -0.39 is 17.1 Å². The van der Waals surface area contributed by atoms with Gasteiger partial charge >= 0.3 is 5.97 Å². The van der Waals surface area contributed by atoms with E-state index in [0.717, 1.165) is 0 Å². The van der Waals surface area contributed by atoms with Crippen molar-refractivity contribution in [1.82, 2.24) is 4.90 Å². The van der Waals surface area contributed by atoms with Gasteiger partial charge in [0.05, 0.1) is 54.7 Å². The number of nitriles is 1. The standard InChI is InChI=1S/C19H19N3O5S/c1-9-17(23)22-16(21)11(8-20)14(15(18(22)28-9)19(24)27-4)10-5-6-12(25-2)13(7-10)26-3/h5-7,9,14H,21H2,1-4H3/t9-,14+/m0/s1. The topological polar surface area (TPSA) is 115 Å². The summed E-state index contributed by atoms with van der Waals surface area (Å²) in [7, 11) is 4.26. The summed E-state index contributed by atoms with van der Waals surface area (Å²) in [6.45, 7) is 1.72. The van der Waals surface area contributed by atoms with Crippen molar-refractivity contribution in [3.05, 3.63) is 45.8 Å². The van der Waals surface area contributed by atoms with Crippen molar-refractivity contribution < 1.29 is 23.8 Å². The van der Waals surface area contributed by atoms with E-state index in [2.05, 4.69) is 6.07 Å². The lowest BCUT2D eigenvalue weighted by Crippen LogP contribution is -2.37. The number of rotatable bonds is 4. The lowest BCUT2D eigenvalue weighted by molar-refractivity contribution is -0.136. The number of allylic oxidation sites excluding steroid dienone is 1. The van der Waals surface area contributed by atoms with Crippen molar-refractivity contribution in [2.75, 3.05) is 21.3 Å². The summed E-state index contributed by atoms with van der Waals surface area (Å²) in [6, 6.07) is 7.15. The molecular weight excluding hydrogens is 382 g/mol. The molecule has 0 unspecified atom stereocenters. The van der Waals surface area contributed by atoms with Crippen molar-refractivity contribution in [2.24, 2.45) is 5.73 Å². The summed E-state index contributed by atoms with van der Waals surface area (Å²) in [5, 5.41) is 9.76. The van der Waals surface area contributed by atoms with Crippen LogP contribution in [0.3, 0.4) is 0 Å². The number of carbonyl (C=O) groups excluding carboxylic acids is 2. The predicted octanol–water partition coefficient (Wildman–Crippen LogP) is 1.84. The molecule has 0 bridgehead atoms. The van der Waals surface area contributed by atoms with Gasteiger partial charge in [0.25, 0.3) is 0 Å². The highest BCUT2D eigenvalue weighted by Crippen LogP contribution is 2.50. The molecule has 0 aromatic heterocycles. The first kappa shape index (κ1) is 19.6. The Kier molecular flexibility index (Phi) is 5.25. The van der Waals surface area contributed by atoms with E-state index in [4.69, 9.17) is 19.9 Å². The molecular formula is C19H19N3O5S. The van der Waals surface area contributed by atoms with E-state index in [1.165, 1.54) is 38.0 Å². The summed E-state index contributed by atoms with van der Waals surface area (Å²) in [5.41, 5.74) is 7.08. The summed E-state index contributed by atoms with van der Waals surface area (Å²) >= 11 is 1.22. The zero-order valence-corrected chi connectivity index (χ0v) is 16.6. The van der Waals surface area contributed by atoms with Crippen LogP contribution in [0.15, 0.2) is 40.2 Å². The molecule has 146 valence electrons. The van der Waals surface area contributed by atoms with Crippen molar-refractivity contribution in [3.63, 3.8) is 0 Å². The van der Waals surface area contributed by atoms with E-state index in [1.54, 1.807) is 25.1 Å². The molecule has 0 radical (unpaired) electrons. The monoisotopic (exact) mass is 401 g/mol. The molecule has 0 aliphatic carbocycles. The molecule has 2 aliphatic heterocycles. The Balaban J connectivity index is 2.28. The predicted molar refractivity (Wildman–Crippen MR) is 102 cm³/mol. The summed E-state index contributed by atoms with van der Waals surface area (Å²) < 4.78 is 15.6. The Morgan fingerprint density at radius 3 is 2.50 bits per heavy atom. The van der Waals surface area contributed by atoms with Crippen LogP contribution in [0.25, 0.3) is 0 Å². The fourth-order valence-corrected chi connectivity index (χ4v) is 4.47. The molecule has 9 heteroatoms. The van der Waals surface area contributed by atoms with Gasteiger partial charge in [0.2, 0.25) is 5.91 Å². The van der Waals surface area contributed by atoms with E-state index in [-0.39, 0.29) is 22.9 Å². The number of esters is 1. The molecule has 8 nitrogen and oxygen atoms in total. The number of nitrogens with zero attached hydrogens (tertiary/aromatic N) is 2. The number of thioether (sulfide) groups is 1. The van der Waals surface area contributed by atoms with E-state index in [1.807, 2.05) is 0 Å². The van der Waals surface area contributed by atoms with Crippen LogP contribution < -0.4 is 15.2 Å². The number of amides is 1. The average Bonchev–Trinajstić information content (AvgIpc) is 3.01. The minimum Gasteiger partial charge on any atom is -0.493 e. The van der Waals surface area contributed by atoms with Crippen LogP contribution in [0.2, 0.25) is 0 Å². The highest BCUT2D eigenvalue weighted by atomic mass is 32.2. The van der Waals surface area contributed by atoms with Crippen LogP contribution in [0.1, 0.15) is 18.4 Å². The van der Waals surface area contributed by atoms with Crippen LogP contribution in [0.5, 0.6) is 11.5 Å². The quantitative estimate of drug-likeness (QED) is 0.760. The minimum absolute atomic E-state index is 0.0202. The molecule has 0 spiro atoms. The lowest BCUT2D eigenvalue weighted by atomic mass is 9.83. The van der Waals surface area contributed by atoms with Crippen molar-refractivity contribution >= 4 is 23.6 Å². The molecule has 2 aliphatic rings. The van der Waals surface area contributed by atoms with Crippen LogP contribution in [0.4, 0.5) is 0 Å². The van der Waals surface area contributed by atoms with E-state index >= 15 is 0 Å². The Labute approximate surface area is 166 Å². The molecule has 28 heavy (non-hydrogen) atoms. The number of ether oxygens (including phenoxy) is 3. The zero-order chi connectivity index (χ0) is 20.6. The van der Waals surface area contributed by atoms with Crippen molar-refractivity contribution in [3.8, 4) is 17.6 Å². The maximum atomic E-state index is 12.7. The van der Waals surface area contributed by atoms with Gasteiger partial charge in [0.15, 0.2) is 11.5 Å². The average molecular weight is 401 g/mol. The zero-order valence-electron chi connectivity index (χ0n) is 15.8. The van der Waals surface area contributed by atoms with Gasteiger partial charge in [-0.15, -0.1) is 0 Å². The normalized spacial score (nSPS) is 21.4. The van der Waals surface area contributed by atoms with Gasteiger partial charge in [-0.2, -0.15) is 5.26 Å². The third-order valence-corrected chi connectivity index (χ3v) is 5.83. The lowest BCUT2D eigenvalue weighted by Gasteiger charge is -2.31. The maximum Gasteiger partial charge on any atom is 0.337 e. The highest BCUT2D eigenvalue weighted by Gasteiger charge is 2.47. The molecule has 2 atom stereocenters. The first-order valence-electron chi connectivity index (χ1n) is 8.34. The first-order valence-corrected chi connectivity index (χ1v) is 9.22. The van der Waals surface area contributed by atoms with Crippen LogP contribution in [-0.2, 0) is 14.3 Å². The Morgan fingerprint density at radius 1 is 1.25 bits per heavy atom. The first-order chi connectivity index (χ1) is 13.4. The van der Waals surface area contributed by atoms with Gasteiger partial charge < -0.3 is 19.9 Å². The summed E-state index contributed by atoms with van der Waals surface area (Å²) in [5.74, 6) is -0.741. The number of methoxy groups -OCH3 is 3. The molecule has 1 aromatic carbocycles. The summed E-state index contributed by atoms with van der Waals surface area (Å²) in [6.07, 6.45) is 0. The van der Waals surface area contributed by atoms with Gasteiger partial charge in [-0.05, 0) is 24.6 Å². The van der Waals surface area contributed by atoms with Crippen LogP contribution in [0, 0.1) is 11.3 Å². The fourth-order valence-electron chi connectivity index (χ4n) is 3.30. The Morgan fingerprint density at radius 2 is 1.93 bits per heavy atom. The van der Waals surface area contributed by atoms with E-state index in [0.29, 0.717) is 22.1 Å². The SMILES string of the molecule is COC(=O)C1=C2S[C@@H](C)C(=O)N2C(N)=C(C#N)[C@H]1c1ccc(OC)c(OC)c1. The number of hydrogen-bond donors (Lipinski definition) is 1. The van der Waals surface area contributed by atoms with Gasteiger partial charge in [-0.3, -0.25) is 9.69 Å². The second kappa shape index (κ2) is 7.48. The molecule has 0 saturated carbocycles. The van der Waals surface area contributed by atoms with Crippen molar-refractivity contribution in [2.45, 2.75) is 18.1 Å². The van der Waals surface area contributed by atoms with Gasteiger partial charge in [0, 0.05) is 0 Å².